The molecule has 9 heteroatoms. The first-order chi connectivity index (χ1) is 12.2. The van der Waals surface area contributed by atoms with Gasteiger partial charge in [0.15, 0.2) is 0 Å². The van der Waals surface area contributed by atoms with E-state index in [9.17, 15) is 18.0 Å². The molecule has 0 aliphatic rings. The average Bonchev–Trinajstić information content (AvgIpc) is 2.95. The number of hydrogen-bond acceptors (Lipinski definition) is 6. The zero-order valence-electron chi connectivity index (χ0n) is 14.9. The molecule has 0 bridgehead atoms. The summed E-state index contributed by atoms with van der Waals surface area (Å²) in [6.45, 7) is 3.74. The number of thiophene rings is 1. The van der Waals surface area contributed by atoms with Crippen LogP contribution < -0.4 is 5.32 Å². The van der Waals surface area contributed by atoms with E-state index in [1.807, 2.05) is 0 Å². The van der Waals surface area contributed by atoms with E-state index in [-0.39, 0.29) is 17.1 Å². The molecule has 7 nitrogen and oxygen atoms in total. The smallest absolute Gasteiger partial charge is 0.348 e. The Morgan fingerprint density at radius 3 is 2.54 bits per heavy atom. The van der Waals surface area contributed by atoms with Crippen LogP contribution in [0.25, 0.3) is 0 Å². The topological polar surface area (TPSA) is 92.8 Å². The molecule has 26 heavy (non-hydrogen) atoms. The molecule has 0 atom stereocenters. The molecule has 0 aliphatic carbocycles. The minimum atomic E-state index is -3.63. The molecule has 1 aromatic heterocycles. The zero-order valence-corrected chi connectivity index (χ0v) is 16.5. The Hall–Kier alpha value is -2.23. The number of sulfonamides is 1. The summed E-state index contributed by atoms with van der Waals surface area (Å²) in [4.78, 5) is 24.8. The van der Waals surface area contributed by atoms with Crippen molar-refractivity contribution < 1.29 is 22.7 Å². The highest BCUT2D eigenvalue weighted by Gasteiger charge is 2.20. The molecule has 0 radical (unpaired) electrons. The molecule has 1 aromatic carbocycles. The quantitative estimate of drug-likeness (QED) is 0.758. The van der Waals surface area contributed by atoms with Gasteiger partial charge in [0.2, 0.25) is 10.0 Å². The molecule has 0 spiro atoms. The van der Waals surface area contributed by atoms with Crippen LogP contribution in [0.3, 0.4) is 0 Å². The van der Waals surface area contributed by atoms with Gasteiger partial charge >= 0.3 is 5.97 Å². The van der Waals surface area contributed by atoms with Crippen molar-refractivity contribution >= 4 is 38.2 Å². The van der Waals surface area contributed by atoms with Crippen molar-refractivity contribution in [2.24, 2.45) is 0 Å². The normalized spacial score (nSPS) is 11.4. The Morgan fingerprint density at radius 1 is 1.23 bits per heavy atom. The highest BCUT2D eigenvalue weighted by Crippen LogP contribution is 2.28. The lowest BCUT2D eigenvalue weighted by Crippen LogP contribution is -2.22. The number of aryl methyl sites for hydroxylation is 1. The van der Waals surface area contributed by atoms with Crippen molar-refractivity contribution in [2.45, 2.75) is 18.7 Å². The number of nitrogens with zero attached hydrogens (tertiary/aromatic N) is 1. The number of esters is 1. The molecule has 2 aromatic rings. The fourth-order valence-corrected chi connectivity index (χ4v) is 4.05. The standard InChI is InChI=1S/C17H20N2O5S2/c1-5-24-17(21)15-11(2)9-14(25-15)18-16(20)12-7-6-8-13(10-12)26(22,23)19(3)4/h6-10H,5H2,1-4H3,(H,18,20). The maximum absolute atomic E-state index is 12.5. The summed E-state index contributed by atoms with van der Waals surface area (Å²) in [5.41, 5.74) is 0.907. The minimum Gasteiger partial charge on any atom is -0.462 e. The average molecular weight is 396 g/mol. The second-order valence-electron chi connectivity index (χ2n) is 5.61. The number of rotatable bonds is 6. The maximum Gasteiger partial charge on any atom is 0.348 e. The van der Waals surface area contributed by atoms with Crippen LogP contribution in [0, 0.1) is 6.92 Å². The van der Waals surface area contributed by atoms with Crippen molar-refractivity contribution in [3.8, 4) is 0 Å². The fraction of sp³-hybridized carbons (Fsp3) is 0.294. The van der Waals surface area contributed by atoms with E-state index in [2.05, 4.69) is 5.32 Å². The third-order valence-corrected chi connectivity index (χ3v) is 6.43. The van der Waals surface area contributed by atoms with Gasteiger partial charge in [0.1, 0.15) is 4.88 Å². The first kappa shape index (κ1) is 20.1. The summed E-state index contributed by atoms with van der Waals surface area (Å²) < 4.78 is 30.4. The van der Waals surface area contributed by atoms with E-state index in [4.69, 9.17) is 4.74 Å². The van der Waals surface area contributed by atoms with Gasteiger partial charge in [-0.25, -0.2) is 17.5 Å². The summed E-state index contributed by atoms with van der Waals surface area (Å²) in [5.74, 6) is -0.896. The Balaban J connectivity index is 2.24. The predicted molar refractivity (Wildman–Crippen MR) is 100 cm³/mol. The number of hydrogen-bond donors (Lipinski definition) is 1. The number of anilines is 1. The zero-order chi connectivity index (χ0) is 19.5. The molecular formula is C17H20N2O5S2. The molecule has 0 unspecified atom stereocenters. The van der Waals surface area contributed by atoms with Crippen LogP contribution >= 0.6 is 11.3 Å². The van der Waals surface area contributed by atoms with Gasteiger partial charge in [-0.1, -0.05) is 6.07 Å². The Morgan fingerprint density at radius 2 is 1.92 bits per heavy atom. The van der Waals surface area contributed by atoms with Gasteiger partial charge in [-0.05, 0) is 43.7 Å². The molecule has 1 amide bonds. The summed E-state index contributed by atoms with van der Waals surface area (Å²) >= 11 is 1.11. The highest BCUT2D eigenvalue weighted by molar-refractivity contribution is 7.89. The number of carbonyl (C=O) groups is 2. The van der Waals surface area contributed by atoms with Gasteiger partial charge in [0, 0.05) is 19.7 Å². The molecule has 2 rings (SSSR count). The van der Waals surface area contributed by atoms with E-state index in [1.54, 1.807) is 19.9 Å². The number of amides is 1. The summed E-state index contributed by atoms with van der Waals surface area (Å²) in [6, 6.07) is 7.46. The largest absolute Gasteiger partial charge is 0.462 e. The first-order valence-electron chi connectivity index (χ1n) is 7.78. The van der Waals surface area contributed by atoms with E-state index in [0.29, 0.717) is 15.4 Å². The number of carbonyl (C=O) groups excluding carboxylic acids is 2. The molecule has 0 aliphatic heterocycles. The Kier molecular flexibility index (Phi) is 6.17. The van der Waals surface area contributed by atoms with E-state index in [1.165, 1.54) is 38.4 Å². The molecule has 1 N–H and O–H groups in total. The van der Waals surface area contributed by atoms with Crippen molar-refractivity contribution in [3.63, 3.8) is 0 Å². The minimum absolute atomic E-state index is 0.0322. The van der Waals surface area contributed by atoms with Gasteiger partial charge in [-0.15, -0.1) is 11.3 Å². The predicted octanol–water partition coefficient (Wildman–Crippen LogP) is 2.74. The van der Waals surface area contributed by atoms with Crippen LogP contribution in [-0.4, -0.2) is 45.3 Å². The van der Waals surface area contributed by atoms with Crippen molar-refractivity contribution in [3.05, 3.63) is 46.3 Å². The van der Waals surface area contributed by atoms with Crippen LogP contribution in [0.1, 0.15) is 32.5 Å². The fourth-order valence-electron chi connectivity index (χ4n) is 2.14. The molecule has 0 fully saturated rings. The van der Waals surface area contributed by atoms with Crippen molar-refractivity contribution in [2.75, 3.05) is 26.0 Å². The van der Waals surface area contributed by atoms with Crippen LogP contribution in [0.2, 0.25) is 0 Å². The number of benzene rings is 1. The molecule has 0 saturated heterocycles. The van der Waals surface area contributed by atoms with E-state index >= 15 is 0 Å². The second kappa shape index (κ2) is 7.98. The number of nitrogens with one attached hydrogen (secondary N) is 1. The number of ether oxygens (including phenoxy) is 1. The molecule has 0 saturated carbocycles. The van der Waals surface area contributed by atoms with E-state index < -0.39 is 21.9 Å². The molecule has 140 valence electrons. The van der Waals surface area contributed by atoms with Gasteiger partial charge in [0.05, 0.1) is 16.5 Å². The van der Waals surface area contributed by atoms with Crippen LogP contribution in [0.4, 0.5) is 5.00 Å². The lowest BCUT2D eigenvalue weighted by atomic mass is 10.2. The van der Waals surface area contributed by atoms with Crippen molar-refractivity contribution in [1.29, 1.82) is 0 Å². The SMILES string of the molecule is CCOC(=O)c1sc(NC(=O)c2cccc(S(=O)(=O)N(C)C)c2)cc1C. The van der Waals surface area contributed by atoms with Crippen molar-refractivity contribution in [1.82, 2.24) is 4.31 Å². The van der Waals surface area contributed by atoms with Gasteiger partial charge in [-0.2, -0.15) is 0 Å². The third kappa shape index (κ3) is 4.29. The highest BCUT2D eigenvalue weighted by atomic mass is 32.2. The van der Waals surface area contributed by atoms with Crippen LogP contribution in [0.15, 0.2) is 35.2 Å². The molecular weight excluding hydrogens is 376 g/mol. The second-order valence-corrected chi connectivity index (χ2v) is 8.82. The lowest BCUT2D eigenvalue weighted by Gasteiger charge is -2.12. The van der Waals surface area contributed by atoms with E-state index in [0.717, 1.165) is 15.6 Å². The van der Waals surface area contributed by atoms with Gasteiger partial charge in [-0.3, -0.25) is 4.79 Å². The Labute approximate surface area is 156 Å². The maximum atomic E-state index is 12.5. The summed E-state index contributed by atoms with van der Waals surface area (Å²) in [5, 5.41) is 3.17. The Bertz CT molecular complexity index is 932. The summed E-state index contributed by atoms with van der Waals surface area (Å²) in [6.07, 6.45) is 0. The first-order valence-corrected chi connectivity index (χ1v) is 10.0. The lowest BCUT2D eigenvalue weighted by molar-refractivity contribution is 0.0531. The van der Waals surface area contributed by atoms with Gasteiger partial charge in [0.25, 0.3) is 5.91 Å². The van der Waals surface area contributed by atoms with Crippen LogP contribution in [0.5, 0.6) is 0 Å². The van der Waals surface area contributed by atoms with Gasteiger partial charge < -0.3 is 10.1 Å². The summed E-state index contributed by atoms with van der Waals surface area (Å²) in [7, 11) is -0.783. The van der Waals surface area contributed by atoms with Crippen LogP contribution in [-0.2, 0) is 14.8 Å². The third-order valence-electron chi connectivity index (χ3n) is 3.49. The monoisotopic (exact) mass is 396 g/mol. The molecule has 1 heterocycles.